The van der Waals surface area contributed by atoms with Crippen molar-refractivity contribution in [3.05, 3.63) is 0 Å². The number of rotatable bonds is 3. The van der Waals surface area contributed by atoms with Gasteiger partial charge in [-0.3, -0.25) is 0 Å². The van der Waals surface area contributed by atoms with Crippen molar-refractivity contribution in [1.29, 1.82) is 0 Å². The number of hydrogen-bond acceptors (Lipinski definition) is 3. The molecule has 2 rings (SSSR count). The van der Waals surface area contributed by atoms with Crippen molar-refractivity contribution in [2.45, 2.75) is 45.1 Å². The first-order valence-electron chi connectivity index (χ1n) is 6.80. The lowest BCUT2D eigenvalue weighted by Crippen LogP contribution is -2.46. The smallest absolute Gasteiger partial charge is 0.0471 e. The van der Waals surface area contributed by atoms with Gasteiger partial charge in [0.25, 0.3) is 0 Å². The van der Waals surface area contributed by atoms with E-state index in [0.29, 0.717) is 11.5 Å². The van der Waals surface area contributed by atoms with Crippen molar-refractivity contribution in [1.82, 2.24) is 4.90 Å². The third-order valence-electron chi connectivity index (χ3n) is 4.49. The van der Waals surface area contributed by atoms with Gasteiger partial charge in [-0.25, -0.2) is 0 Å². The van der Waals surface area contributed by atoms with E-state index in [-0.39, 0.29) is 0 Å². The molecule has 2 aliphatic rings. The number of ether oxygens (including phenoxy) is 1. The van der Waals surface area contributed by atoms with Crippen molar-refractivity contribution in [2.24, 2.45) is 11.1 Å². The first kappa shape index (κ1) is 12.3. The van der Waals surface area contributed by atoms with Crippen LogP contribution in [0, 0.1) is 5.41 Å². The highest BCUT2D eigenvalue weighted by molar-refractivity contribution is 4.86. The highest BCUT2D eigenvalue weighted by atomic mass is 16.5. The molecule has 0 saturated carbocycles. The molecule has 2 N–H and O–H groups in total. The van der Waals surface area contributed by atoms with E-state index in [9.17, 15) is 0 Å². The maximum Gasteiger partial charge on any atom is 0.0471 e. The third kappa shape index (κ3) is 2.96. The molecule has 0 aromatic carbocycles. The molecule has 0 radical (unpaired) electrons. The summed E-state index contributed by atoms with van der Waals surface area (Å²) in [5.41, 5.74) is 6.48. The van der Waals surface area contributed by atoms with Crippen LogP contribution in [-0.4, -0.2) is 43.8 Å². The molecule has 94 valence electrons. The van der Waals surface area contributed by atoms with Gasteiger partial charge in [-0.15, -0.1) is 0 Å². The summed E-state index contributed by atoms with van der Waals surface area (Å²) in [4.78, 5) is 2.62. The molecule has 0 aromatic heterocycles. The van der Waals surface area contributed by atoms with Crippen molar-refractivity contribution < 1.29 is 4.74 Å². The molecule has 16 heavy (non-hydrogen) atoms. The third-order valence-corrected chi connectivity index (χ3v) is 4.49. The molecule has 0 aliphatic carbocycles. The fourth-order valence-corrected chi connectivity index (χ4v) is 3.01. The maximum atomic E-state index is 5.95. The van der Waals surface area contributed by atoms with Gasteiger partial charge in [0.1, 0.15) is 0 Å². The summed E-state index contributed by atoms with van der Waals surface area (Å²) in [5, 5.41) is 0. The summed E-state index contributed by atoms with van der Waals surface area (Å²) in [6.07, 6.45) is 6.13. The summed E-state index contributed by atoms with van der Waals surface area (Å²) >= 11 is 0. The molecule has 2 aliphatic heterocycles. The second-order valence-electron chi connectivity index (χ2n) is 5.58. The summed E-state index contributed by atoms with van der Waals surface area (Å²) in [5.74, 6) is 0. The Kier molecular flexibility index (Phi) is 4.22. The van der Waals surface area contributed by atoms with Gasteiger partial charge < -0.3 is 15.4 Å². The fraction of sp³-hybridized carbons (Fsp3) is 1.00. The zero-order chi connectivity index (χ0) is 11.4. The Morgan fingerprint density at radius 3 is 2.44 bits per heavy atom. The average Bonchev–Trinajstić information content (AvgIpc) is 2.33. The van der Waals surface area contributed by atoms with E-state index in [4.69, 9.17) is 10.5 Å². The van der Waals surface area contributed by atoms with E-state index in [2.05, 4.69) is 11.8 Å². The lowest BCUT2D eigenvalue weighted by molar-refractivity contribution is -0.0104. The van der Waals surface area contributed by atoms with Crippen LogP contribution in [0.3, 0.4) is 0 Å². The first-order chi connectivity index (χ1) is 7.74. The summed E-state index contributed by atoms with van der Waals surface area (Å²) in [6, 6.07) is 0.448. The Balaban J connectivity index is 1.86. The molecular weight excluding hydrogens is 200 g/mol. The minimum absolute atomic E-state index is 0.448. The number of likely N-dealkylation sites (tertiary alicyclic amines) is 1. The van der Waals surface area contributed by atoms with Crippen LogP contribution in [0.25, 0.3) is 0 Å². The Hall–Kier alpha value is -0.120. The van der Waals surface area contributed by atoms with Gasteiger partial charge >= 0.3 is 0 Å². The van der Waals surface area contributed by atoms with Crippen LogP contribution < -0.4 is 5.73 Å². The largest absolute Gasteiger partial charge is 0.381 e. The molecule has 2 heterocycles. The molecule has 3 nitrogen and oxygen atoms in total. The van der Waals surface area contributed by atoms with Crippen LogP contribution in [0.5, 0.6) is 0 Å². The van der Waals surface area contributed by atoms with Crippen molar-refractivity contribution in [3.8, 4) is 0 Å². The SMILES string of the molecule is CCC1(CN2CCC(N)CC2)CCOCC1. The Bertz CT molecular complexity index is 206. The lowest BCUT2D eigenvalue weighted by atomic mass is 9.77. The number of nitrogens with zero attached hydrogens (tertiary/aromatic N) is 1. The number of piperidine rings is 1. The van der Waals surface area contributed by atoms with E-state index < -0.39 is 0 Å². The number of nitrogens with two attached hydrogens (primary N) is 1. The normalized spacial score (nSPS) is 28.1. The van der Waals surface area contributed by atoms with E-state index in [0.717, 1.165) is 13.2 Å². The molecule has 0 amide bonds. The molecule has 3 heteroatoms. The zero-order valence-electron chi connectivity index (χ0n) is 10.6. The molecular formula is C13H26N2O. The van der Waals surface area contributed by atoms with Gasteiger partial charge in [0.2, 0.25) is 0 Å². The molecule has 2 fully saturated rings. The average molecular weight is 226 g/mol. The standard InChI is InChI=1S/C13H26N2O/c1-2-13(5-9-16-10-6-13)11-15-7-3-12(14)4-8-15/h12H,2-11,14H2,1H3. The van der Waals surface area contributed by atoms with Gasteiger partial charge in [-0.2, -0.15) is 0 Å². The summed E-state index contributed by atoms with van der Waals surface area (Å²) < 4.78 is 5.49. The molecule has 0 bridgehead atoms. The number of hydrogen-bond donors (Lipinski definition) is 1. The highest BCUT2D eigenvalue weighted by Gasteiger charge is 2.33. The van der Waals surface area contributed by atoms with E-state index in [1.807, 2.05) is 0 Å². The molecule has 0 aromatic rings. The van der Waals surface area contributed by atoms with Gasteiger partial charge in [0.05, 0.1) is 0 Å². The lowest BCUT2D eigenvalue weighted by Gasteiger charge is -2.42. The quantitative estimate of drug-likeness (QED) is 0.794. The molecule has 0 unspecified atom stereocenters. The van der Waals surface area contributed by atoms with Crippen LogP contribution in [0.2, 0.25) is 0 Å². The topological polar surface area (TPSA) is 38.5 Å². The van der Waals surface area contributed by atoms with Crippen LogP contribution in [0.1, 0.15) is 39.0 Å². The monoisotopic (exact) mass is 226 g/mol. The van der Waals surface area contributed by atoms with E-state index >= 15 is 0 Å². The van der Waals surface area contributed by atoms with Crippen molar-refractivity contribution >= 4 is 0 Å². The van der Waals surface area contributed by atoms with Crippen LogP contribution in [0.4, 0.5) is 0 Å². The highest BCUT2D eigenvalue weighted by Crippen LogP contribution is 2.35. The van der Waals surface area contributed by atoms with Crippen LogP contribution >= 0.6 is 0 Å². The Morgan fingerprint density at radius 1 is 1.25 bits per heavy atom. The summed E-state index contributed by atoms with van der Waals surface area (Å²) in [7, 11) is 0. The predicted octanol–water partition coefficient (Wildman–Crippen LogP) is 1.62. The first-order valence-corrected chi connectivity index (χ1v) is 6.80. The molecule has 0 atom stereocenters. The van der Waals surface area contributed by atoms with Crippen LogP contribution in [0.15, 0.2) is 0 Å². The van der Waals surface area contributed by atoms with Crippen molar-refractivity contribution in [3.63, 3.8) is 0 Å². The Morgan fingerprint density at radius 2 is 1.88 bits per heavy atom. The Labute approximate surface area is 99.3 Å². The second kappa shape index (κ2) is 5.48. The summed E-state index contributed by atoms with van der Waals surface area (Å²) in [6.45, 7) is 7.91. The minimum atomic E-state index is 0.448. The second-order valence-corrected chi connectivity index (χ2v) is 5.58. The van der Waals surface area contributed by atoms with E-state index in [1.165, 1.54) is 51.7 Å². The molecule has 2 saturated heterocycles. The van der Waals surface area contributed by atoms with Gasteiger partial charge in [-0.05, 0) is 50.6 Å². The minimum Gasteiger partial charge on any atom is -0.381 e. The predicted molar refractivity (Wildman–Crippen MR) is 66.4 cm³/mol. The van der Waals surface area contributed by atoms with Gasteiger partial charge in [-0.1, -0.05) is 6.92 Å². The van der Waals surface area contributed by atoms with E-state index in [1.54, 1.807) is 0 Å². The van der Waals surface area contributed by atoms with Gasteiger partial charge in [0.15, 0.2) is 0 Å². The maximum absolute atomic E-state index is 5.95. The van der Waals surface area contributed by atoms with Crippen molar-refractivity contribution in [2.75, 3.05) is 32.8 Å². The fourth-order valence-electron chi connectivity index (χ4n) is 3.01. The van der Waals surface area contributed by atoms with Gasteiger partial charge in [0, 0.05) is 25.8 Å². The zero-order valence-corrected chi connectivity index (χ0v) is 10.6. The van der Waals surface area contributed by atoms with Crippen LogP contribution in [-0.2, 0) is 4.74 Å². The molecule has 0 spiro atoms.